The molecule has 0 bridgehead atoms. The molecule has 1 aliphatic heterocycles. The second-order valence-electron chi connectivity index (χ2n) is 5.88. The first-order chi connectivity index (χ1) is 10.5. The van der Waals surface area contributed by atoms with E-state index in [-0.39, 0.29) is 18.4 Å². The second-order valence-corrected chi connectivity index (χ2v) is 7.82. The van der Waals surface area contributed by atoms with Crippen LogP contribution in [0.25, 0.3) is 0 Å². The van der Waals surface area contributed by atoms with Gasteiger partial charge in [0.25, 0.3) is 0 Å². The van der Waals surface area contributed by atoms with Gasteiger partial charge in [-0.25, -0.2) is 8.42 Å². The summed E-state index contributed by atoms with van der Waals surface area (Å²) in [6, 6.07) is 5.42. The average molecular weight is 323 g/mol. The van der Waals surface area contributed by atoms with E-state index in [4.69, 9.17) is 4.74 Å². The van der Waals surface area contributed by atoms with Crippen molar-refractivity contribution in [1.82, 2.24) is 4.31 Å². The van der Waals surface area contributed by atoms with Gasteiger partial charge in [0.15, 0.2) is 0 Å². The maximum atomic E-state index is 12.7. The molecule has 1 atom stereocenters. The minimum absolute atomic E-state index is 0.220. The Bertz CT molecular complexity index is 683. The number of carbonyl (C=O) groups excluding carboxylic acids is 1. The van der Waals surface area contributed by atoms with Crippen molar-refractivity contribution < 1.29 is 17.9 Å². The number of rotatable bonds is 4. The summed E-state index contributed by atoms with van der Waals surface area (Å²) in [5.74, 6) is -0.640. The summed E-state index contributed by atoms with van der Waals surface area (Å²) in [5.41, 5.74) is 2.40. The first-order valence-electron chi connectivity index (χ1n) is 7.81. The fourth-order valence-electron chi connectivity index (χ4n) is 3.26. The van der Waals surface area contributed by atoms with Crippen molar-refractivity contribution in [2.45, 2.75) is 37.5 Å². The minimum Gasteiger partial charge on any atom is -0.466 e. The van der Waals surface area contributed by atoms with Crippen LogP contribution in [0.15, 0.2) is 23.1 Å². The van der Waals surface area contributed by atoms with Crippen molar-refractivity contribution in [1.29, 1.82) is 0 Å². The largest absolute Gasteiger partial charge is 0.466 e. The Morgan fingerprint density at radius 1 is 1.32 bits per heavy atom. The molecule has 1 saturated heterocycles. The molecule has 0 aromatic heterocycles. The molecule has 1 aliphatic carbocycles. The lowest BCUT2D eigenvalue weighted by Gasteiger charge is -2.17. The maximum absolute atomic E-state index is 12.7. The van der Waals surface area contributed by atoms with E-state index in [1.807, 2.05) is 6.07 Å². The fourth-order valence-corrected chi connectivity index (χ4v) is 4.81. The van der Waals surface area contributed by atoms with Gasteiger partial charge in [-0.3, -0.25) is 4.79 Å². The highest BCUT2D eigenvalue weighted by Crippen LogP contribution is 2.29. The van der Waals surface area contributed by atoms with E-state index in [1.54, 1.807) is 19.1 Å². The van der Waals surface area contributed by atoms with Crippen LogP contribution in [-0.4, -0.2) is 38.4 Å². The SMILES string of the molecule is CCOC(=O)[C@@H]1CCN(S(=O)(=O)c2ccc3c(c2)CCC3)C1. The first-order valence-corrected chi connectivity index (χ1v) is 9.25. The lowest BCUT2D eigenvalue weighted by atomic mass is 10.1. The van der Waals surface area contributed by atoms with Crippen LogP contribution in [0.3, 0.4) is 0 Å². The monoisotopic (exact) mass is 323 g/mol. The number of aryl methyl sites for hydroxylation is 2. The Balaban J connectivity index is 1.78. The van der Waals surface area contributed by atoms with Crippen LogP contribution in [0.2, 0.25) is 0 Å². The van der Waals surface area contributed by atoms with Crippen molar-refractivity contribution in [2.75, 3.05) is 19.7 Å². The van der Waals surface area contributed by atoms with Crippen molar-refractivity contribution in [2.24, 2.45) is 5.92 Å². The van der Waals surface area contributed by atoms with Gasteiger partial charge in [0.1, 0.15) is 0 Å². The number of sulfonamides is 1. The predicted molar refractivity (Wildman–Crippen MR) is 82.0 cm³/mol. The third kappa shape index (κ3) is 2.77. The lowest BCUT2D eigenvalue weighted by Crippen LogP contribution is -2.30. The molecular weight excluding hydrogens is 302 g/mol. The third-order valence-corrected chi connectivity index (χ3v) is 6.34. The Morgan fingerprint density at radius 2 is 2.09 bits per heavy atom. The van der Waals surface area contributed by atoms with E-state index >= 15 is 0 Å². The van der Waals surface area contributed by atoms with Gasteiger partial charge in [0.05, 0.1) is 17.4 Å². The molecule has 6 heteroatoms. The molecule has 0 N–H and O–H groups in total. The van der Waals surface area contributed by atoms with E-state index in [2.05, 4.69) is 0 Å². The fraction of sp³-hybridized carbons (Fsp3) is 0.562. The van der Waals surface area contributed by atoms with E-state index in [9.17, 15) is 13.2 Å². The summed E-state index contributed by atoms with van der Waals surface area (Å²) in [6.07, 6.45) is 3.60. The van der Waals surface area contributed by atoms with E-state index in [0.29, 0.717) is 24.5 Å². The minimum atomic E-state index is -3.52. The molecule has 0 radical (unpaired) electrons. The molecule has 0 amide bonds. The number of hydrogen-bond donors (Lipinski definition) is 0. The topological polar surface area (TPSA) is 63.7 Å². The molecule has 22 heavy (non-hydrogen) atoms. The van der Waals surface area contributed by atoms with Crippen LogP contribution < -0.4 is 0 Å². The zero-order valence-corrected chi connectivity index (χ0v) is 13.6. The van der Waals surface area contributed by atoms with Crippen LogP contribution >= 0.6 is 0 Å². The number of carbonyl (C=O) groups is 1. The van der Waals surface area contributed by atoms with Crippen molar-refractivity contribution in [3.8, 4) is 0 Å². The number of benzene rings is 1. The van der Waals surface area contributed by atoms with Gasteiger partial charge in [-0.05, 0) is 55.9 Å². The van der Waals surface area contributed by atoms with Gasteiger partial charge in [-0.15, -0.1) is 0 Å². The van der Waals surface area contributed by atoms with Crippen LogP contribution in [0.5, 0.6) is 0 Å². The zero-order valence-electron chi connectivity index (χ0n) is 12.7. The summed E-state index contributed by atoms with van der Waals surface area (Å²) in [6.45, 7) is 2.68. The van der Waals surface area contributed by atoms with Crippen molar-refractivity contribution >= 4 is 16.0 Å². The molecule has 1 heterocycles. The van der Waals surface area contributed by atoms with Gasteiger partial charge >= 0.3 is 5.97 Å². The van der Waals surface area contributed by atoms with Crippen molar-refractivity contribution in [3.05, 3.63) is 29.3 Å². The highest BCUT2D eigenvalue weighted by Gasteiger charge is 2.36. The van der Waals surface area contributed by atoms with Gasteiger partial charge < -0.3 is 4.74 Å². The second kappa shape index (κ2) is 6.01. The smallest absolute Gasteiger partial charge is 0.310 e. The van der Waals surface area contributed by atoms with Crippen LogP contribution in [0.1, 0.15) is 30.9 Å². The number of nitrogens with zero attached hydrogens (tertiary/aromatic N) is 1. The molecule has 2 aliphatic rings. The molecule has 3 rings (SSSR count). The summed E-state index contributed by atoms with van der Waals surface area (Å²) in [4.78, 5) is 12.1. The highest BCUT2D eigenvalue weighted by molar-refractivity contribution is 7.89. The first kappa shape index (κ1) is 15.5. The molecule has 0 saturated carbocycles. The lowest BCUT2D eigenvalue weighted by molar-refractivity contribution is -0.147. The summed E-state index contributed by atoms with van der Waals surface area (Å²) < 4.78 is 31.9. The van der Waals surface area contributed by atoms with E-state index in [0.717, 1.165) is 24.8 Å². The molecule has 120 valence electrons. The van der Waals surface area contributed by atoms with Gasteiger partial charge in [-0.2, -0.15) is 4.31 Å². The molecule has 1 aromatic rings. The van der Waals surface area contributed by atoms with Gasteiger partial charge in [-0.1, -0.05) is 6.07 Å². The normalized spacial score (nSPS) is 21.8. The Kier molecular flexibility index (Phi) is 4.23. The molecule has 5 nitrogen and oxygen atoms in total. The van der Waals surface area contributed by atoms with Crippen molar-refractivity contribution in [3.63, 3.8) is 0 Å². The number of fused-ring (bicyclic) bond motifs is 1. The molecule has 1 aromatic carbocycles. The highest BCUT2D eigenvalue weighted by atomic mass is 32.2. The Labute approximate surface area is 131 Å². The predicted octanol–water partition coefficient (Wildman–Crippen LogP) is 1.75. The van der Waals surface area contributed by atoms with E-state index < -0.39 is 10.0 Å². The Morgan fingerprint density at radius 3 is 2.86 bits per heavy atom. The van der Waals surface area contributed by atoms with Crippen LogP contribution in [0, 0.1) is 5.92 Å². The average Bonchev–Trinajstić information content (AvgIpc) is 3.16. The number of hydrogen-bond acceptors (Lipinski definition) is 4. The molecule has 0 unspecified atom stereocenters. The number of ether oxygens (including phenoxy) is 1. The summed E-state index contributed by atoms with van der Waals surface area (Å²) >= 11 is 0. The number of esters is 1. The Hall–Kier alpha value is -1.40. The maximum Gasteiger partial charge on any atom is 0.310 e. The molecule has 1 fully saturated rings. The summed E-state index contributed by atoms with van der Waals surface area (Å²) in [7, 11) is -3.52. The summed E-state index contributed by atoms with van der Waals surface area (Å²) in [5, 5.41) is 0. The van der Waals surface area contributed by atoms with Crippen LogP contribution in [0.4, 0.5) is 0 Å². The quantitative estimate of drug-likeness (QED) is 0.792. The van der Waals surface area contributed by atoms with E-state index in [1.165, 1.54) is 9.87 Å². The van der Waals surface area contributed by atoms with Gasteiger partial charge in [0, 0.05) is 13.1 Å². The standard InChI is InChI=1S/C16H21NO4S/c1-2-21-16(18)14-8-9-17(11-14)22(19,20)15-7-6-12-4-3-5-13(12)10-15/h6-7,10,14H,2-5,8-9,11H2,1H3/t14-/m1/s1. The zero-order chi connectivity index (χ0) is 15.7. The molecule has 0 spiro atoms. The van der Waals surface area contributed by atoms with Gasteiger partial charge in [0.2, 0.25) is 10.0 Å². The molecular formula is C16H21NO4S. The third-order valence-electron chi connectivity index (χ3n) is 4.48. The van der Waals surface area contributed by atoms with Crippen LogP contribution in [-0.2, 0) is 32.4 Å².